The summed E-state index contributed by atoms with van der Waals surface area (Å²) in [5, 5.41) is 0. The number of hydrogen-bond acceptors (Lipinski definition) is 7. The van der Waals surface area contributed by atoms with Crippen molar-refractivity contribution in [2.45, 2.75) is 62.6 Å². The number of benzene rings is 2. The normalized spacial score (nSPS) is 14.9. The Morgan fingerprint density at radius 3 is 1.65 bits per heavy atom. The van der Waals surface area contributed by atoms with Crippen molar-refractivity contribution in [1.29, 1.82) is 0 Å². The second-order valence-electron chi connectivity index (χ2n) is 10.0. The van der Waals surface area contributed by atoms with Crippen molar-refractivity contribution in [3.63, 3.8) is 0 Å². The summed E-state index contributed by atoms with van der Waals surface area (Å²) in [6.07, 6.45) is 19.9. The molecule has 5 nitrogen and oxygen atoms in total. The number of thioether (sulfide) groups is 1. The van der Waals surface area contributed by atoms with Crippen molar-refractivity contribution >= 4 is 31.7 Å². The van der Waals surface area contributed by atoms with E-state index in [-0.39, 0.29) is 4.75 Å². The third-order valence-electron chi connectivity index (χ3n) is 6.89. The fourth-order valence-corrected chi connectivity index (χ4v) is 7.25. The lowest BCUT2D eigenvalue weighted by Gasteiger charge is -2.33. The summed E-state index contributed by atoms with van der Waals surface area (Å²) in [7, 11) is 8.72. The SMILES string of the molecule is B/C=C/C(/C=C/C)(OSC(C=CC)(C=CC)CCCc1ccc(OC)c(OC)c1)SCCCc1ccc(OC)c(OC)c1. The van der Waals surface area contributed by atoms with Gasteiger partial charge < -0.3 is 18.9 Å². The van der Waals surface area contributed by atoms with E-state index in [0.717, 1.165) is 60.9 Å². The Bertz CT molecular complexity index is 1200. The molecule has 0 fully saturated rings. The van der Waals surface area contributed by atoms with Crippen LogP contribution in [0.5, 0.6) is 23.0 Å². The van der Waals surface area contributed by atoms with E-state index in [9.17, 15) is 0 Å². The average molecular weight is 625 g/mol. The molecule has 2 aromatic rings. The maximum absolute atomic E-state index is 6.80. The third kappa shape index (κ3) is 11.4. The van der Waals surface area contributed by atoms with Gasteiger partial charge >= 0.3 is 0 Å². The minimum atomic E-state index is -0.580. The minimum Gasteiger partial charge on any atom is -0.493 e. The first kappa shape index (κ1) is 36.5. The fourth-order valence-electron chi connectivity index (χ4n) is 4.87. The Labute approximate surface area is 269 Å². The molecule has 0 bridgehead atoms. The molecular formula is C35H49BO5S2. The molecule has 0 spiro atoms. The molecule has 234 valence electrons. The van der Waals surface area contributed by atoms with Crippen LogP contribution in [0.15, 0.2) is 84.9 Å². The molecule has 43 heavy (non-hydrogen) atoms. The number of allylic oxidation sites excluding steroid dienone is 3. The van der Waals surface area contributed by atoms with Gasteiger partial charge in [-0.3, -0.25) is 4.18 Å². The molecule has 0 heterocycles. The molecule has 0 aliphatic heterocycles. The van der Waals surface area contributed by atoms with E-state index in [0.29, 0.717) is 0 Å². The van der Waals surface area contributed by atoms with Gasteiger partial charge in [0, 0.05) is 12.0 Å². The molecule has 1 atom stereocenters. The van der Waals surface area contributed by atoms with Crippen LogP contribution in [0.2, 0.25) is 0 Å². The number of aryl methyl sites for hydroxylation is 2. The second-order valence-corrected chi connectivity index (χ2v) is 12.5. The van der Waals surface area contributed by atoms with E-state index < -0.39 is 4.93 Å². The van der Waals surface area contributed by atoms with Gasteiger partial charge in [0.25, 0.3) is 0 Å². The molecule has 0 saturated carbocycles. The van der Waals surface area contributed by atoms with E-state index in [1.165, 1.54) is 11.1 Å². The number of ether oxygens (including phenoxy) is 4. The Kier molecular flexibility index (Phi) is 16.6. The van der Waals surface area contributed by atoms with Crippen molar-refractivity contribution < 1.29 is 23.1 Å². The molecule has 0 aliphatic rings. The molecule has 2 rings (SSSR count). The lowest BCUT2D eigenvalue weighted by atomic mass is 9.97. The van der Waals surface area contributed by atoms with Crippen molar-refractivity contribution in [2.24, 2.45) is 0 Å². The van der Waals surface area contributed by atoms with Crippen LogP contribution in [0.25, 0.3) is 0 Å². The quantitative estimate of drug-likeness (QED) is 0.0482. The summed E-state index contributed by atoms with van der Waals surface area (Å²) in [6.45, 7) is 6.19. The Morgan fingerprint density at radius 1 is 0.674 bits per heavy atom. The van der Waals surface area contributed by atoms with Gasteiger partial charge in [0.15, 0.2) is 27.9 Å². The monoisotopic (exact) mass is 624 g/mol. The van der Waals surface area contributed by atoms with Gasteiger partial charge in [-0.1, -0.05) is 48.6 Å². The van der Waals surface area contributed by atoms with Crippen LogP contribution in [-0.2, 0) is 17.0 Å². The van der Waals surface area contributed by atoms with Crippen LogP contribution in [0, 0.1) is 0 Å². The molecule has 8 heteroatoms. The lowest BCUT2D eigenvalue weighted by Crippen LogP contribution is -2.27. The predicted octanol–water partition coefficient (Wildman–Crippen LogP) is 8.38. The summed E-state index contributed by atoms with van der Waals surface area (Å²) in [4.78, 5) is -0.580. The van der Waals surface area contributed by atoms with Gasteiger partial charge in [-0.2, -0.15) is 0 Å². The van der Waals surface area contributed by atoms with Gasteiger partial charge in [-0.25, -0.2) is 0 Å². The Morgan fingerprint density at radius 2 is 1.19 bits per heavy atom. The molecule has 2 aromatic carbocycles. The van der Waals surface area contributed by atoms with Gasteiger partial charge in [0.1, 0.15) is 7.85 Å². The molecule has 0 radical (unpaired) electrons. The number of hydrogen-bond donors (Lipinski definition) is 0. The van der Waals surface area contributed by atoms with Crippen molar-refractivity contribution in [1.82, 2.24) is 0 Å². The van der Waals surface area contributed by atoms with Gasteiger partial charge in [0.05, 0.1) is 33.2 Å². The highest BCUT2D eigenvalue weighted by Crippen LogP contribution is 2.43. The third-order valence-corrected chi connectivity index (χ3v) is 9.44. The Hall–Kier alpha value is -2.68. The zero-order valence-electron chi connectivity index (χ0n) is 27.2. The lowest BCUT2D eigenvalue weighted by molar-refractivity contribution is 0.310. The first-order chi connectivity index (χ1) is 20.9. The summed E-state index contributed by atoms with van der Waals surface area (Å²) in [6, 6.07) is 12.3. The summed E-state index contributed by atoms with van der Waals surface area (Å²) >= 11 is 3.36. The summed E-state index contributed by atoms with van der Waals surface area (Å²) in [5.74, 6) is 6.03. The van der Waals surface area contributed by atoms with Crippen molar-refractivity contribution in [2.75, 3.05) is 34.2 Å². The first-order valence-electron chi connectivity index (χ1n) is 14.9. The minimum absolute atomic E-state index is 0.297. The molecule has 0 amide bonds. The highest BCUT2D eigenvalue weighted by Gasteiger charge is 2.32. The van der Waals surface area contributed by atoms with Crippen LogP contribution in [0.1, 0.15) is 51.2 Å². The van der Waals surface area contributed by atoms with E-state index in [1.807, 2.05) is 38.7 Å². The topological polar surface area (TPSA) is 46.2 Å². The highest BCUT2D eigenvalue weighted by molar-refractivity contribution is 8.02. The number of rotatable bonds is 20. The first-order valence-corrected chi connectivity index (χ1v) is 16.6. The van der Waals surface area contributed by atoms with E-state index in [2.05, 4.69) is 86.6 Å². The van der Waals surface area contributed by atoms with Gasteiger partial charge in [-0.15, -0.1) is 17.7 Å². The second kappa shape index (κ2) is 19.6. The molecule has 1 unspecified atom stereocenters. The molecule has 0 aromatic heterocycles. The zero-order chi connectivity index (χ0) is 31.6. The van der Waals surface area contributed by atoms with Gasteiger partial charge in [-0.05, 0) is 100 Å². The van der Waals surface area contributed by atoms with E-state index in [1.54, 1.807) is 40.5 Å². The smallest absolute Gasteiger partial charge is 0.164 e. The molecular weight excluding hydrogens is 575 g/mol. The molecule has 0 aliphatic carbocycles. The summed E-state index contributed by atoms with van der Waals surface area (Å²) < 4.78 is 28.3. The molecule has 0 N–H and O–H groups in total. The highest BCUT2D eigenvalue weighted by atomic mass is 32.2. The number of methoxy groups -OCH3 is 4. The molecule has 0 saturated heterocycles. The van der Waals surface area contributed by atoms with Crippen molar-refractivity contribution in [3.8, 4) is 23.0 Å². The Balaban J connectivity index is 2.14. The predicted molar refractivity (Wildman–Crippen MR) is 189 cm³/mol. The van der Waals surface area contributed by atoms with E-state index >= 15 is 0 Å². The largest absolute Gasteiger partial charge is 0.493 e. The van der Waals surface area contributed by atoms with Crippen LogP contribution >= 0.6 is 23.8 Å². The maximum Gasteiger partial charge on any atom is 0.164 e. The van der Waals surface area contributed by atoms with Crippen molar-refractivity contribution in [3.05, 3.63) is 96.0 Å². The fraction of sp³-hybridized carbons (Fsp3) is 0.429. The maximum atomic E-state index is 6.80. The zero-order valence-corrected chi connectivity index (χ0v) is 28.8. The summed E-state index contributed by atoms with van der Waals surface area (Å²) in [5.41, 5.74) is 2.45. The average Bonchev–Trinajstić information content (AvgIpc) is 3.02. The standard InChI is InChI=1S/C35H49BO5S2/c1-8-19-34(20-9-2,22-11-13-28-15-17-30(37-4)32(26-28)39-6)43-41-35(21-10-3,23-24-36)42-25-12-14-29-16-18-31(38-5)33(27-29)40-7/h8-10,15-21,23-24,26-27H,11-14,22,25,36H2,1-7H3/b19-8?,20-9?,21-10+,24-23+. The van der Waals surface area contributed by atoms with E-state index in [4.69, 9.17) is 23.1 Å². The van der Waals surface area contributed by atoms with Crippen LogP contribution in [0.3, 0.4) is 0 Å². The van der Waals surface area contributed by atoms with Crippen LogP contribution in [0.4, 0.5) is 0 Å². The van der Waals surface area contributed by atoms with Crippen LogP contribution < -0.4 is 18.9 Å². The van der Waals surface area contributed by atoms with Crippen LogP contribution in [-0.4, -0.2) is 51.7 Å². The van der Waals surface area contributed by atoms with Gasteiger partial charge in [0.2, 0.25) is 0 Å².